The number of benzene rings is 1. The van der Waals surface area contributed by atoms with Gasteiger partial charge in [0.15, 0.2) is 6.04 Å². The number of fused-ring (bicyclic) bond motifs is 2. The van der Waals surface area contributed by atoms with Crippen molar-refractivity contribution in [1.29, 1.82) is 0 Å². The van der Waals surface area contributed by atoms with Gasteiger partial charge in [0, 0.05) is 0 Å². The molecule has 30 heavy (non-hydrogen) atoms. The summed E-state index contributed by atoms with van der Waals surface area (Å²) in [6, 6.07) is 4.14. The van der Waals surface area contributed by atoms with Gasteiger partial charge in [0.25, 0.3) is 11.8 Å². The summed E-state index contributed by atoms with van der Waals surface area (Å²) in [7, 11) is 0. The van der Waals surface area contributed by atoms with Crippen molar-refractivity contribution in [2.24, 2.45) is 0 Å². The summed E-state index contributed by atoms with van der Waals surface area (Å²) in [6.07, 6.45) is 0. The molecule has 0 spiro atoms. The Morgan fingerprint density at radius 2 is 1.90 bits per heavy atom. The first kappa shape index (κ1) is 20.8. The maximum atomic E-state index is 13.2. The lowest BCUT2D eigenvalue weighted by Gasteiger charge is -2.32. The monoisotopic (exact) mass is 434 g/mol. The van der Waals surface area contributed by atoms with Crippen molar-refractivity contribution in [3.63, 3.8) is 0 Å². The van der Waals surface area contributed by atoms with Gasteiger partial charge in [-0.15, -0.1) is 11.8 Å². The van der Waals surface area contributed by atoms with E-state index in [4.69, 9.17) is 9.47 Å². The molecule has 0 saturated carbocycles. The van der Waals surface area contributed by atoms with E-state index in [2.05, 4.69) is 5.32 Å². The number of imide groups is 1. The van der Waals surface area contributed by atoms with Crippen molar-refractivity contribution in [3.8, 4) is 0 Å². The number of nitrogens with zero attached hydrogens (tertiary/aromatic N) is 1. The number of rotatable bonds is 4. The molecule has 0 bridgehead atoms. The largest absolute Gasteiger partial charge is 0.463 e. The first-order chi connectivity index (χ1) is 14.1. The normalized spacial score (nSPS) is 28.9. The molecule has 3 heterocycles. The minimum Gasteiger partial charge on any atom is -0.463 e. The average molecular weight is 434 g/mol. The minimum atomic E-state index is -1.33. The lowest BCUT2D eigenvalue weighted by molar-refractivity contribution is -0.160. The van der Waals surface area contributed by atoms with Crippen LogP contribution in [0, 0.1) is 0 Å². The first-order valence-electron chi connectivity index (χ1n) is 9.49. The van der Waals surface area contributed by atoms with Crippen LogP contribution in [0.5, 0.6) is 0 Å². The lowest BCUT2D eigenvalue weighted by atomic mass is 10.0. The number of esters is 2. The topological polar surface area (TPSA) is 122 Å². The Balaban J connectivity index is 1.72. The number of aliphatic hydroxyl groups excluding tert-OH is 1. The number of carbonyl (C=O) groups excluding carboxylic acids is 4. The molecule has 160 valence electrons. The zero-order chi connectivity index (χ0) is 21.8. The van der Waals surface area contributed by atoms with Crippen molar-refractivity contribution in [1.82, 2.24) is 10.2 Å². The first-order valence-corrected chi connectivity index (χ1v) is 10.4. The molecular formula is C20H22N2O7S. The highest BCUT2D eigenvalue weighted by molar-refractivity contribution is 8.01. The molecule has 4 rings (SSSR count). The Labute approximate surface area is 177 Å². The number of nitrogens with one attached hydrogen (secondary N) is 1. The highest BCUT2D eigenvalue weighted by Gasteiger charge is 2.61. The highest BCUT2D eigenvalue weighted by atomic mass is 32.2. The quantitative estimate of drug-likeness (QED) is 0.509. The van der Waals surface area contributed by atoms with Crippen LogP contribution in [0.4, 0.5) is 0 Å². The molecule has 2 amide bonds. The van der Waals surface area contributed by atoms with Crippen LogP contribution in [-0.4, -0.2) is 74.8 Å². The minimum absolute atomic E-state index is 0.0374. The number of aliphatic hydroxyl groups is 1. The SMILES string of the molecule is CC(C)(C)OC(=O)[C@@H]([C@@H]1N[C@@H]2C(=O)OC[C@]2(CO)S1)N1C(=O)c2ccccc2C1=O. The predicted octanol–water partition coefficient (Wildman–Crippen LogP) is 0.312. The van der Waals surface area contributed by atoms with Gasteiger partial charge >= 0.3 is 11.9 Å². The number of ether oxygens (including phenoxy) is 2. The van der Waals surface area contributed by atoms with E-state index < -0.39 is 51.6 Å². The van der Waals surface area contributed by atoms with Crippen molar-refractivity contribution in [2.75, 3.05) is 13.2 Å². The van der Waals surface area contributed by atoms with E-state index in [1.165, 1.54) is 12.1 Å². The van der Waals surface area contributed by atoms with E-state index in [1.54, 1.807) is 32.9 Å². The summed E-state index contributed by atoms with van der Waals surface area (Å²) < 4.78 is 9.58. The van der Waals surface area contributed by atoms with Crippen molar-refractivity contribution >= 4 is 35.5 Å². The Morgan fingerprint density at radius 1 is 1.30 bits per heavy atom. The molecule has 2 saturated heterocycles. The van der Waals surface area contributed by atoms with Crippen LogP contribution in [0.2, 0.25) is 0 Å². The van der Waals surface area contributed by atoms with E-state index in [0.29, 0.717) is 0 Å². The fraction of sp³-hybridized carbons (Fsp3) is 0.500. The second-order valence-electron chi connectivity index (χ2n) is 8.47. The summed E-state index contributed by atoms with van der Waals surface area (Å²) in [4.78, 5) is 52.3. The molecule has 9 nitrogen and oxygen atoms in total. The molecular weight excluding hydrogens is 412 g/mol. The molecule has 1 aromatic carbocycles. The van der Waals surface area contributed by atoms with Gasteiger partial charge in [0.05, 0.1) is 23.1 Å². The van der Waals surface area contributed by atoms with Crippen molar-refractivity contribution in [2.45, 2.75) is 48.6 Å². The molecule has 1 aromatic rings. The molecule has 10 heteroatoms. The van der Waals surface area contributed by atoms with Crippen LogP contribution < -0.4 is 5.32 Å². The Kier molecular flexibility index (Phi) is 4.91. The third-order valence-electron chi connectivity index (χ3n) is 5.22. The molecule has 0 unspecified atom stereocenters. The fourth-order valence-corrected chi connectivity index (χ4v) is 5.44. The number of carbonyl (C=O) groups is 4. The van der Waals surface area contributed by atoms with Gasteiger partial charge in [-0.25, -0.2) is 4.79 Å². The van der Waals surface area contributed by atoms with E-state index >= 15 is 0 Å². The smallest absolute Gasteiger partial charge is 0.332 e. The van der Waals surface area contributed by atoms with Crippen LogP contribution in [-0.2, 0) is 19.1 Å². The zero-order valence-corrected chi connectivity index (χ0v) is 17.5. The van der Waals surface area contributed by atoms with E-state index in [0.717, 1.165) is 16.7 Å². The van der Waals surface area contributed by atoms with Gasteiger partial charge in [0.1, 0.15) is 23.0 Å². The van der Waals surface area contributed by atoms with Gasteiger partial charge in [0.2, 0.25) is 0 Å². The number of cyclic esters (lactones) is 1. The van der Waals surface area contributed by atoms with Crippen LogP contribution >= 0.6 is 11.8 Å². The third kappa shape index (κ3) is 3.19. The maximum Gasteiger partial charge on any atom is 0.332 e. The molecule has 0 aromatic heterocycles. The summed E-state index contributed by atoms with van der Waals surface area (Å²) >= 11 is 1.11. The molecule has 4 atom stereocenters. The maximum absolute atomic E-state index is 13.2. The standard InChI is InChI=1S/C20H22N2O7S/c1-19(2,3)29-17(26)12(14-21-13-18(27)28-9-20(13,8-23)30-14)22-15(24)10-6-4-5-7-11(10)16(22)25/h4-7,12-14,21,23H,8-9H2,1-3H3/t12-,13-,14-,20+/m1/s1. The van der Waals surface area contributed by atoms with Crippen LogP contribution in [0.15, 0.2) is 24.3 Å². The van der Waals surface area contributed by atoms with Gasteiger partial charge in [-0.1, -0.05) is 12.1 Å². The van der Waals surface area contributed by atoms with Gasteiger partial charge in [-0.3, -0.25) is 24.6 Å². The summed E-state index contributed by atoms with van der Waals surface area (Å²) in [5.41, 5.74) is -0.452. The number of amides is 2. The molecule has 3 aliphatic heterocycles. The summed E-state index contributed by atoms with van der Waals surface area (Å²) in [6.45, 7) is 4.63. The predicted molar refractivity (Wildman–Crippen MR) is 106 cm³/mol. The van der Waals surface area contributed by atoms with Crippen LogP contribution in [0.25, 0.3) is 0 Å². The fourth-order valence-electron chi connectivity index (χ4n) is 3.86. The van der Waals surface area contributed by atoms with Gasteiger partial charge in [-0.05, 0) is 32.9 Å². The van der Waals surface area contributed by atoms with Gasteiger partial charge < -0.3 is 14.6 Å². The lowest BCUT2D eigenvalue weighted by Crippen LogP contribution is -2.56. The highest BCUT2D eigenvalue weighted by Crippen LogP contribution is 2.45. The molecule has 2 N–H and O–H groups in total. The Hall–Kier alpha value is -2.43. The second kappa shape index (κ2) is 7.07. The summed E-state index contributed by atoms with van der Waals surface area (Å²) in [5.74, 6) is -2.54. The molecule has 2 fully saturated rings. The molecule has 0 aliphatic carbocycles. The third-order valence-corrected chi connectivity index (χ3v) is 6.82. The van der Waals surface area contributed by atoms with Crippen molar-refractivity contribution < 1.29 is 33.8 Å². The summed E-state index contributed by atoms with van der Waals surface area (Å²) in [5, 5.41) is 12.1. The number of thioether (sulfide) groups is 1. The van der Waals surface area contributed by atoms with E-state index in [1.807, 2.05) is 0 Å². The molecule has 0 radical (unpaired) electrons. The van der Waals surface area contributed by atoms with Crippen LogP contribution in [0.1, 0.15) is 41.5 Å². The average Bonchev–Trinajstić information content (AvgIpc) is 3.28. The Bertz CT molecular complexity index is 908. The van der Waals surface area contributed by atoms with Crippen molar-refractivity contribution in [3.05, 3.63) is 35.4 Å². The molecule has 3 aliphatic rings. The van der Waals surface area contributed by atoms with Gasteiger partial charge in [-0.2, -0.15) is 0 Å². The van der Waals surface area contributed by atoms with E-state index in [-0.39, 0.29) is 24.3 Å². The number of hydrogen-bond donors (Lipinski definition) is 2. The number of hydrogen-bond acceptors (Lipinski definition) is 9. The Morgan fingerprint density at radius 3 is 2.40 bits per heavy atom. The van der Waals surface area contributed by atoms with Crippen LogP contribution in [0.3, 0.4) is 0 Å². The second-order valence-corrected chi connectivity index (χ2v) is 10.0. The van der Waals surface area contributed by atoms with E-state index in [9.17, 15) is 24.3 Å². The zero-order valence-electron chi connectivity index (χ0n) is 16.7.